The molecule has 1 aliphatic heterocycles. The minimum absolute atomic E-state index is 0.462. The number of piperidine rings is 1. The van der Waals surface area contributed by atoms with E-state index in [9.17, 15) is 0 Å². The van der Waals surface area contributed by atoms with Gasteiger partial charge in [0.15, 0.2) is 0 Å². The topological polar surface area (TPSA) is 21.3 Å². The number of hydrogen-bond donors (Lipinski definition) is 1. The lowest BCUT2D eigenvalue weighted by molar-refractivity contribution is 0.239. The third-order valence-electron chi connectivity index (χ3n) is 2.75. The van der Waals surface area contributed by atoms with Crippen molar-refractivity contribution in [2.45, 2.75) is 25.3 Å². The Morgan fingerprint density at radius 1 is 1.44 bits per heavy atom. The smallest absolute Gasteiger partial charge is 0.139 e. The molecule has 4 heteroatoms. The molecule has 0 spiro atoms. The molecule has 0 radical (unpaired) electrons. The lowest BCUT2D eigenvalue weighted by atomic mass is 10.1. The van der Waals surface area contributed by atoms with E-state index in [0.29, 0.717) is 17.7 Å². The third kappa shape index (κ3) is 3.37. The molecule has 0 aliphatic carbocycles. The van der Waals surface area contributed by atoms with Gasteiger partial charge >= 0.3 is 0 Å². The maximum Gasteiger partial charge on any atom is 0.139 e. The van der Waals surface area contributed by atoms with Gasteiger partial charge in [0.05, 0.1) is 5.02 Å². The molecule has 16 heavy (non-hydrogen) atoms. The average molecular weight is 305 g/mol. The summed E-state index contributed by atoms with van der Waals surface area (Å²) in [5.74, 6) is 0.753. The van der Waals surface area contributed by atoms with E-state index in [-0.39, 0.29) is 0 Å². The first-order chi connectivity index (χ1) is 7.75. The number of hydrogen-bond acceptors (Lipinski definition) is 2. The highest BCUT2D eigenvalue weighted by Crippen LogP contribution is 2.28. The van der Waals surface area contributed by atoms with Crippen molar-refractivity contribution in [3.63, 3.8) is 0 Å². The zero-order valence-corrected chi connectivity index (χ0v) is 11.4. The molecule has 0 amide bonds. The van der Waals surface area contributed by atoms with Crippen molar-refractivity contribution in [2.75, 3.05) is 13.2 Å². The van der Waals surface area contributed by atoms with Gasteiger partial charge < -0.3 is 10.1 Å². The summed E-state index contributed by atoms with van der Waals surface area (Å²) in [5.41, 5.74) is 0. The molecule has 88 valence electrons. The van der Waals surface area contributed by atoms with Crippen molar-refractivity contribution in [3.05, 3.63) is 27.7 Å². The Morgan fingerprint density at radius 3 is 3.06 bits per heavy atom. The molecular weight excluding hydrogens is 289 g/mol. The van der Waals surface area contributed by atoms with E-state index in [1.165, 1.54) is 19.3 Å². The van der Waals surface area contributed by atoms with Crippen LogP contribution in [0.3, 0.4) is 0 Å². The standard InChI is InChI=1S/C12H15BrClNO/c13-9-4-5-11(14)12(7-9)16-8-10-3-1-2-6-15-10/h4-5,7,10,15H,1-3,6,8H2. The van der Waals surface area contributed by atoms with Crippen LogP contribution in [0.1, 0.15) is 19.3 Å². The summed E-state index contributed by atoms with van der Waals surface area (Å²) in [6.45, 7) is 1.79. The highest BCUT2D eigenvalue weighted by atomic mass is 79.9. The van der Waals surface area contributed by atoms with Gasteiger partial charge in [0.1, 0.15) is 12.4 Å². The van der Waals surface area contributed by atoms with Gasteiger partial charge in [-0.3, -0.25) is 0 Å². The summed E-state index contributed by atoms with van der Waals surface area (Å²) in [6.07, 6.45) is 3.74. The summed E-state index contributed by atoms with van der Waals surface area (Å²) >= 11 is 9.46. The second-order valence-electron chi connectivity index (χ2n) is 4.03. The fraction of sp³-hybridized carbons (Fsp3) is 0.500. The molecule has 1 aromatic rings. The van der Waals surface area contributed by atoms with Crippen molar-refractivity contribution in [1.82, 2.24) is 5.32 Å². The number of rotatable bonds is 3. The van der Waals surface area contributed by atoms with Gasteiger partial charge in [-0.1, -0.05) is 34.0 Å². The van der Waals surface area contributed by atoms with Crippen LogP contribution in [-0.4, -0.2) is 19.2 Å². The molecule has 0 saturated carbocycles. The van der Waals surface area contributed by atoms with Crippen LogP contribution in [0.2, 0.25) is 5.02 Å². The van der Waals surface area contributed by atoms with Gasteiger partial charge in [0.25, 0.3) is 0 Å². The second kappa shape index (κ2) is 5.89. The zero-order chi connectivity index (χ0) is 11.4. The van der Waals surface area contributed by atoms with Gasteiger partial charge in [-0.25, -0.2) is 0 Å². The van der Waals surface area contributed by atoms with Gasteiger partial charge in [0.2, 0.25) is 0 Å². The molecule has 0 bridgehead atoms. The largest absolute Gasteiger partial charge is 0.490 e. The molecule has 1 atom stereocenters. The molecule has 1 N–H and O–H groups in total. The molecule has 1 unspecified atom stereocenters. The molecule has 0 aromatic heterocycles. The van der Waals surface area contributed by atoms with Crippen molar-refractivity contribution >= 4 is 27.5 Å². The molecule has 1 saturated heterocycles. The van der Waals surface area contributed by atoms with Crippen molar-refractivity contribution in [1.29, 1.82) is 0 Å². The molecule has 1 heterocycles. The molecule has 1 fully saturated rings. The Morgan fingerprint density at radius 2 is 2.31 bits per heavy atom. The molecule has 1 aromatic carbocycles. The summed E-state index contributed by atoms with van der Waals surface area (Å²) in [4.78, 5) is 0. The first-order valence-electron chi connectivity index (χ1n) is 5.57. The molecule has 1 aliphatic rings. The Bertz CT molecular complexity index is 353. The summed E-state index contributed by atoms with van der Waals surface area (Å²) in [7, 11) is 0. The Hall–Kier alpha value is -0.250. The van der Waals surface area contributed by atoms with E-state index in [1.807, 2.05) is 18.2 Å². The Kier molecular flexibility index (Phi) is 4.50. The number of halogens is 2. The number of ether oxygens (including phenoxy) is 1. The van der Waals surface area contributed by atoms with Crippen LogP contribution in [0.15, 0.2) is 22.7 Å². The van der Waals surface area contributed by atoms with Crippen molar-refractivity contribution < 1.29 is 4.74 Å². The number of benzene rings is 1. The normalized spacial score (nSPS) is 20.8. The van der Waals surface area contributed by atoms with Gasteiger partial charge in [0, 0.05) is 10.5 Å². The van der Waals surface area contributed by atoms with E-state index >= 15 is 0 Å². The lowest BCUT2D eigenvalue weighted by Gasteiger charge is -2.23. The van der Waals surface area contributed by atoms with Crippen LogP contribution in [0.5, 0.6) is 5.75 Å². The third-order valence-corrected chi connectivity index (χ3v) is 3.55. The van der Waals surface area contributed by atoms with Crippen molar-refractivity contribution in [3.8, 4) is 5.75 Å². The number of nitrogens with one attached hydrogen (secondary N) is 1. The predicted molar refractivity (Wildman–Crippen MR) is 70.3 cm³/mol. The van der Waals surface area contributed by atoms with E-state index in [2.05, 4.69) is 21.2 Å². The molecule has 2 nitrogen and oxygen atoms in total. The van der Waals surface area contributed by atoms with Gasteiger partial charge in [-0.05, 0) is 37.6 Å². The first kappa shape index (κ1) is 12.2. The first-order valence-corrected chi connectivity index (χ1v) is 6.74. The second-order valence-corrected chi connectivity index (χ2v) is 5.36. The summed E-state index contributed by atoms with van der Waals surface area (Å²) < 4.78 is 6.72. The van der Waals surface area contributed by atoms with E-state index in [0.717, 1.165) is 16.8 Å². The van der Waals surface area contributed by atoms with E-state index in [4.69, 9.17) is 16.3 Å². The maximum atomic E-state index is 6.05. The highest BCUT2D eigenvalue weighted by Gasteiger charge is 2.13. The average Bonchev–Trinajstić information content (AvgIpc) is 2.32. The van der Waals surface area contributed by atoms with Crippen LogP contribution < -0.4 is 10.1 Å². The van der Waals surface area contributed by atoms with E-state index in [1.54, 1.807) is 0 Å². The van der Waals surface area contributed by atoms with Crippen LogP contribution in [0.4, 0.5) is 0 Å². The van der Waals surface area contributed by atoms with Crippen LogP contribution in [0.25, 0.3) is 0 Å². The fourth-order valence-electron chi connectivity index (χ4n) is 1.84. The molecule has 2 rings (SSSR count). The lowest BCUT2D eigenvalue weighted by Crippen LogP contribution is -2.38. The minimum Gasteiger partial charge on any atom is -0.490 e. The quantitative estimate of drug-likeness (QED) is 0.921. The monoisotopic (exact) mass is 303 g/mol. The van der Waals surface area contributed by atoms with Gasteiger partial charge in [-0.15, -0.1) is 0 Å². The zero-order valence-electron chi connectivity index (χ0n) is 9.01. The van der Waals surface area contributed by atoms with Crippen LogP contribution in [-0.2, 0) is 0 Å². The summed E-state index contributed by atoms with van der Waals surface area (Å²) in [6, 6.07) is 6.12. The fourth-order valence-corrected chi connectivity index (χ4v) is 2.36. The Labute approximate surface area is 109 Å². The van der Waals surface area contributed by atoms with Crippen LogP contribution >= 0.6 is 27.5 Å². The minimum atomic E-state index is 0.462. The molecular formula is C12H15BrClNO. The predicted octanol–water partition coefficient (Wildman–Crippen LogP) is 3.62. The maximum absolute atomic E-state index is 6.05. The highest BCUT2D eigenvalue weighted by molar-refractivity contribution is 9.10. The van der Waals surface area contributed by atoms with Gasteiger partial charge in [-0.2, -0.15) is 0 Å². The van der Waals surface area contributed by atoms with Crippen LogP contribution in [0, 0.1) is 0 Å². The van der Waals surface area contributed by atoms with E-state index < -0.39 is 0 Å². The van der Waals surface area contributed by atoms with Crippen molar-refractivity contribution in [2.24, 2.45) is 0 Å². The summed E-state index contributed by atoms with van der Waals surface area (Å²) in [5, 5.41) is 4.11. The SMILES string of the molecule is Clc1ccc(Br)cc1OCC1CCCCN1. The Balaban J connectivity index is 1.90.